The number of pyridine rings is 1. The molecule has 0 aliphatic carbocycles. The van der Waals surface area contributed by atoms with Gasteiger partial charge < -0.3 is 9.63 Å². The number of rotatable bonds is 3. The third-order valence-corrected chi connectivity index (χ3v) is 3.41. The van der Waals surface area contributed by atoms with Crippen LogP contribution in [0.1, 0.15) is 11.4 Å². The third kappa shape index (κ3) is 2.99. The van der Waals surface area contributed by atoms with E-state index in [4.69, 9.17) is 27.7 Å². The zero-order valence-electron chi connectivity index (χ0n) is 10.6. The Hall–Kier alpha value is -2.11. The van der Waals surface area contributed by atoms with Gasteiger partial charge >= 0.3 is 0 Å². The van der Waals surface area contributed by atoms with Gasteiger partial charge in [-0.1, -0.05) is 34.4 Å². The first-order chi connectivity index (χ1) is 10.1. The van der Waals surface area contributed by atoms with Crippen LogP contribution in [0.25, 0.3) is 11.6 Å². The Morgan fingerprint density at radius 3 is 2.81 bits per heavy atom. The molecule has 2 aromatic heterocycles. The van der Waals surface area contributed by atoms with Crippen molar-refractivity contribution in [1.29, 1.82) is 0 Å². The van der Waals surface area contributed by atoms with Gasteiger partial charge in [0.25, 0.3) is 5.89 Å². The lowest BCUT2D eigenvalue weighted by Crippen LogP contribution is -1.92. The largest absolute Gasteiger partial charge is 0.505 e. The number of benzene rings is 1. The van der Waals surface area contributed by atoms with Gasteiger partial charge in [-0.25, -0.2) is 4.98 Å². The van der Waals surface area contributed by atoms with E-state index in [2.05, 4.69) is 15.1 Å². The molecule has 0 spiro atoms. The predicted molar refractivity (Wildman–Crippen MR) is 78.5 cm³/mol. The summed E-state index contributed by atoms with van der Waals surface area (Å²) >= 11 is 12.0. The Morgan fingerprint density at radius 2 is 2.05 bits per heavy atom. The number of hydrogen-bond acceptors (Lipinski definition) is 5. The van der Waals surface area contributed by atoms with Crippen molar-refractivity contribution in [3.8, 4) is 17.3 Å². The van der Waals surface area contributed by atoms with Crippen LogP contribution in [-0.2, 0) is 6.42 Å². The molecule has 3 aromatic rings. The van der Waals surface area contributed by atoms with Crippen molar-refractivity contribution >= 4 is 23.2 Å². The van der Waals surface area contributed by atoms with Crippen LogP contribution in [0.2, 0.25) is 10.0 Å². The first kappa shape index (κ1) is 13.9. The average Bonchev–Trinajstić information content (AvgIpc) is 2.91. The van der Waals surface area contributed by atoms with E-state index in [-0.39, 0.29) is 17.3 Å². The van der Waals surface area contributed by atoms with Crippen LogP contribution < -0.4 is 0 Å². The highest BCUT2D eigenvalue weighted by Gasteiger charge is 2.15. The zero-order chi connectivity index (χ0) is 14.8. The SMILES string of the molecule is Oc1cccnc1-c1nc(Cc2ccc(Cl)cc2Cl)no1. The monoisotopic (exact) mass is 321 g/mol. The second-order valence-electron chi connectivity index (χ2n) is 4.30. The molecule has 5 nitrogen and oxygen atoms in total. The fraction of sp³-hybridized carbons (Fsp3) is 0.0714. The molecule has 106 valence electrons. The molecule has 0 aliphatic heterocycles. The van der Waals surface area contributed by atoms with Crippen LogP contribution in [-0.4, -0.2) is 20.2 Å². The highest BCUT2D eigenvalue weighted by molar-refractivity contribution is 6.35. The minimum Gasteiger partial charge on any atom is -0.505 e. The molecule has 0 radical (unpaired) electrons. The maximum absolute atomic E-state index is 9.71. The van der Waals surface area contributed by atoms with Gasteiger partial charge in [-0.3, -0.25) is 0 Å². The van der Waals surface area contributed by atoms with E-state index in [9.17, 15) is 5.11 Å². The van der Waals surface area contributed by atoms with E-state index in [1.54, 1.807) is 24.3 Å². The fourth-order valence-corrected chi connectivity index (χ4v) is 2.29. The summed E-state index contributed by atoms with van der Waals surface area (Å²) in [6.45, 7) is 0. The van der Waals surface area contributed by atoms with Crippen molar-refractivity contribution < 1.29 is 9.63 Å². The number of hydrogen-bond donors (Lipinski definition) is 1. The lowest BCUT2D eigenvalue weighted by atomic mass is 10.1. The van der Waals surface area contributed by atoms with Crippen LogP contribution in [0.4, 0.5) is 0 Å². The van der Waals surface area contributed by atoms with E-state index in [0.717, 1.165) is 5.56 Å². The molecule has 7 heteroatoms. The number of halogens is 2. The normalized spacial score (nSPS) is 10.8. The predicted octanol–water partition coefficient (Wildman–Crippen LogP) is 3.73. The van der Waals surface area contributed by atoms with Crippen LogP contribution in [0.3, 0.4) is 0 Å². The lowest BCUT2D eigenvalue weighted by Gasteiger charge is -2.00. The molecule has 0 aliphatic rings. The molecule has 2 heterocycles. The molecule has 21 heavy (non-hydrogen) atoms. The van der Waals surface area contributed by atoms with Gasteiger partial charge in [0.15, 0.2) is 11.5 Å². The quantitative estimate of drug-likeness (QED) is 0.795. The number of aromatic hydroxyl groups is 1. The first-order valence-corrected chi connectivity index (χ1v) is 6.80. The molecule has 0 atom stereocenters. The number of aromatic nitrogens is 3. The summed E-state index contributed by atoms with van der Waals surface area (Å²) in [6.07, 6.45) is 1.93. The maximum Gasteiger partial charge on any atom is 0.280 e. The summed E-state index contributed by atoms with van der Waals surface area (Å²) in [5.74, 6) is 0.588. The Balaban J connectivity index is 1.87. The van der Waals surface area contributed by atoms with Crippen LogP contribution in [0, 0.1) is 0 Å². The standard InChI is InChI=1S/C14H9Cl2N3O2/c15-9-4-3-8(10(16)7-9)6-12-18-14(21-19-12)13-11(20)2-1-5-17-13/h1-5,7,20H,6H2. The molecule has 0 amide bonds. The smallest absolute Gasteiger partial charge is 0.280 e. The zero-order valence-corrected chi connectivity index (χ0v) is 12.1. The van der Waals surface area contributed by atoms with Crippen molar-refractivity contribution in [2.24, 2.45) is 0 Å². The molecular formula is C14H9Cl2N3O2. The molecule has 0 saturated heterocycles. The van der Waals surface area contributed by atoms with Crippen LogP contribution in [0.15, 0.2) is 41.1 Å². The van der Waals surface area contributed by atoms with Gasteiger partial charge in [-0.2, -0.15) is 4.98 Å². The minimum atomic E-state index is -0.0165. The van der Waals surface area contributed by atoms with Gasteiger partial charge in [-0.05, 0) is 29.8 Å². The molecular weight excluding hydrogens is 313 g/mol. The molecule has 0 saturated carbocycles. The van der Waals surface area contributed by atoms with Gasteiger partial charge in [0, 0.05) is 22.7 Å². The molecule has 1 aromatic carbocycles. The highest BCUT2D eigenvalue weighted by Crippen LogP contribution is 2.26. The Morgan fingerprint density at radius 1 is 1.19 bits per heavy atom. The molecule has 1 N–H and O–H groups in total. The second kappa shape index (κ2) is 5.71. The summed E-state index contributed by atoms with van der Waals surface area (Å²) in [4.78, 5) is 8.22. The van der Waals surface area contributed by atoms with Crippen LogP contribution in [0.5, 0.6) is 5.75 Å². The topological polar surface area (TPSA) is 72.0 Å². The van der Waals surface area contributed by atoms with Gasteiger partial charge in [-0.15, -0.1) is 0 Å². The maximum atomic E-state index is 9.71. The molecule has 0 bridgehead atoms. The van der Waals surface area contributed by atoms with Crippen molar-refractivity contribution in [1.82, 2.24) is 15.1 Å². The summed E-state index contributed by atoms with van der Waals surface area (Å²) in [5, 5.41) is 14.7. The fourth-order valence-electron chi connectivity index (χ4n) is 1.82. The van der Waals surface area contributed by atoms with Gasteiger partial charge in [0.1, 0.15) is 5.75 Å². The molecule has 3 rings (SSSR count). The van der Waals surface area contributed by atoms with E-state index < -0.39 is 0 Å². The second-order valence-corrected chi connectivity index (χ2v) is 5.14. The Kier molecular flexibility index (Phi) is 3.77. The summed E-state index contributed by atoms with van der Waals surface area (Å²) < 4.78 is 5.11. The molecule has 0 unspecified atom stereocenters. The molecule has 0 fully saturated rings. The van der Waals surface area contributed by atoms with Crippen molar-refractivity contribution in [3.05, 3.63) is 58.0 Å². The van der Waals surface area contributed by atoms with Gasteiger partial charge in [0.2, 0.25) is 0 Å². The summed E-state index contributed by atoms with van der Waals surface area (Å²) in [6, 6.07) is 8.32. The lowest BCUT2D eigenvalue weighted by molar-refractivity contribution is 0.416. The van der Waals surface area contributed by atoms with Crippen molar-refractivity contribution in [2.45, 2.75) is 6.42 Å². The Labute approximate surface area is 130 Å². The minimum absolute atomic E-state index is 0.0165. The van der Waals surface area contributed by atoms with E-state index in [1.807, 2.05) is 0 Å². The third-order valence-electron chi connectivity index (χ3n) is 2.82. The Bertz CT molecular complexity index is 789. The van der Waals surface area contributed by atoms with E-state index in [1.165, 1.54) is 12.3 Å². The van der Waals surface area contributed by atoms with Crippen molar-refractivity contribution in [2.75, 3.05) is 0 Å². The van der Waals surface area contributed by atoms with E-state index >= 15 is 0 Å². The average molecular weight is 322 g/mol. The highest BCUT2D eigenvalue weighted by atomic mass is 35.5. The first-order valence-electron chi connectivity index (χ1n) is 6.04. The van der Waals surface area contributed by atoms with Crippen LogP contribution >= 0.6 is 23.2 Å². The van der Waals surface area contributed by atoms with Crippen molar-refractivity contribution in [3.63, 3.8) is 0 Å². The number of nitrogens with zero attached hydrogens (tertiary/aromatic N) is 3. The summed E-state index contributed by atoms with van der Waals surface area (Å²) in [5.41, 5.74) is 1.08. The summed E-state index contributed by atoms with van der Waals surface area (Å²) in [7, 11) is 0. The van der Waals surface area contributed by atoms with E-state index in [0.29, 0.717) is 22.3 Å². The van der Waals surface area contributed by atoms with Gasteiger partial charge in [0.05, 0.1) is 0 Å².